The van der Waals surface area contributed by atoms with Crippen LogP contribution < -0.4 is 0 Å². The van der Waals surface area contributed by atoms with Crippen molar-refractivity contribution in [3.05, 3.63) is 35.4 Å². The van der Waals surface area contributed by atoms with Gasteiger partial charge in [0.15, 0.2) is 0 Å². The molecule has 1 atom stereocenters. The molecule has 0 spiro atoms. The first kappa shape index (κ1) is 12.3. The minimum Gasteiger partial charge on any atom is -0.385 e. The Bertz CT molecular complexity index is 285. The molecule has 0 aliphatic heterocycles. The number of rotatable bonds is 5. The highest BCUT2D eigenvalue weighted by atomic mass is 16.3. The smallest absolute Gasteiger partial charge is 0.0865 e. The number of unbranched alkanes of at least 4 members (excludes halogenated alkanes) is 1. The van der Waals surface area contributed by atoms with Gasteiger partial charge >= 0.3 is 0 Å². The molecule has 1 N–H and O–H groups in total. The lowest BCUT2D eigenvalue weighted by Crippen LogP contribution is -2.19. The number of aliphatic hydroxyl groups is 1. The maximum absolute atomic E-state index is 10.1. The van der Waals surface area contributed by atoms with E-state index in [1.807, 2.05) is 13.8 Å². The zero-order chi connectivity index (χ0) is 11.3. The van der Waals surface area contributed by atoms with E-state index in [0.717, 1.165) is 18.4 Å². The summed E-state index contributed by atoms with van der Waals surface area (Å²) in [6, 6.07) is 8.37. The Balaban J connectivity index is 2.72. The van der Waals surface area contributed by atoms with E-state index in [1.165, 1.54) is 18.4 Å². The minimum atomic E-state index is -0.677. The van der Waals surface area contributed by atoms with E-state index in [-0.39, 0.29) is 0 Å². The van der Waals surface area contributed by atoms with Gasteiger partial charge in [0.25, 0.3) is 0 Å². The highest BCUT2D eigenvalue weighted by Crippen LogP contribution is 2.24. The molecule has 0 aliphatic carbocycles. The molecule has 84 valence electrons. The molecular weight excluding hydrogens is 184 g/mol. The quantitative estimate of drug-likeness (QED) is 0.779. The molecule has 1 aromatic carbocycles. The molecule has 0 aliphatic rings. The van der Waals surface area contributed by atoms with Gasteiger partial charge in [-0.15, -0.1) is 0 Å². The van der Waals surface area contributed by atoms with Crippen LogP contribution in [0.1, 0.15) is 51.2 Å². The molecule has 15 heavy (non-hydrogen) atoms. The van der Waals surface area contributed by atoms with Crippen LogP contribution in [0.3, 0.4) is 0 Å². The maximum atomic E-state index is 10.1. The number of benzene rings is 1. The van der Waals surface area contributed by atoms with Gasteiger partial charge in [-0.2, -0.15) is 0 Å². The first-order valence-electron chi connectivity index (χ1n) is 5.92. The summed E-state index contributed by atoms with van der Waals surface area (Å²) in [7, 11) is 0. The minimum absolute atomic E-state index is 0.677. The SMILES string of the molecule is CCCCc1ccc([C@@](C)(O)CC)cc1. The van der Waals surface area contributed by atoms with E-state index in [0.29, 0.717) is 0 Å². The Morgan fingerprint density at radius 2 is 1.73 bits per heavy atom. The molecule has 0 heterocycles. The summed E-state index contributed by atoms with van der Waals surface area (Å²) in [6.07, 6.45) is 4.37. The van der Waals surface area contributed by atoms with Crippen molar-refractivity contribution in [2.24, 2.45) is 0 Å². The maximum Gasteiger partial charge on any atom is 0.0865 e. The van der Waals surface area contributed by atoms with Crippen LogP contribution in [0, 0.1) is 0 Å². The summed E-state index contributed by atoms with van der Waals surface area (Å²) in [5, 5.41) is 10.1. The molecule has 0 radical (unpaired) electrons. The fourth-order valence-electron chi connectivity index (χ4n) is 1.62. The predicted octanol–water partition coefficient (Wildman–Crippen LogP) is 3.65. The Morgan fingerprint density at radius 1 is 1.13 bits per heavy atom. The molecule has 1 nitrogen and oxygen atoms in total. The molecule has 1 heteroatoms. The summed E-state index contributed by atoms with van der Waals surface area (Å²) in [5.74, 6) is 0. The number of hydrogen-bond donors (Lipinski definition) is 1. The van der Waals surface area contributed by atoms with Crippen molar-refractivity contribution < 1.29 is 5.11 Å². The number of hydrogen-bond acceptors (Lipinski definition) is 1. The Morgan fingerprint density at radius 3 is 2.20 bits per heavy atom. The second kappa shape index (κ2) is 5.32. The topological polar surface area (TPSA) is 20.2 Å². The molecule has 0 unspecified atom stereocenters. The van der Waals surface area contributed by atoms with Crippen molar-refractivity contribution in [1.82, 2.24) is 0 Å². The molecule has 0 amide bonds. The molecule has 0 saturated carbocycles. The van der Waals surface area contributed by atoms with E-state index in [1.54, 1.807) is 0 Å². The lowest BCUT2D eigenvalue weighted by molar-refractivity contribution is 0.0531. The van der Waals surface area contributed by atoms with Gasteiger partial charge in [-0.25, -0.2) is 0 Å². The summed E-state index contributed by atoms with van der Waals surface area (Å²) < 4.78 is 0. The van der Waals surface area contributed by atoms with Crippen LogP contribution in [0.2, 0.25) is 0 Å². The average molecular weight is 206 g/mol. The highest BCUT2D eigenvalue weighted by Gasteiger charge is 2.19. The van der Waals surface area contributed by atoms with Gasteiger partial charge in [-0.3, -0.25) is 0 Å². The fourth-order valence-corrected chi connectivity index (χ4v) is 1.62. The zero-order valence-corrected chi connectivity index (χ0v) is 10.1. The summed E-state index contributed by atoms with van der Waals surface area (Å²) >= 11 is 0. The monoisotopic (exact) mass is 206 g/mol. The second-order valence-electron chi connectivity index (χ2n) is 4.43. The average Bonchev–Trinajstić information content (AvgIpc) is 2.27. The van der Waals surface area contributed by atoms with Crippen LogP contribution in [0.25, 0.3) is 0 Å². The lowest BCUT2D eigenvalue weighted by atomic mass is 9.92. The van der Waals surface area contributed by atoms with E-state index in [9.17, 15) is 5.11 Å². The summed E-state index contributed by atoms with van der Waals surface area (Å²) in [6.45, 7) is 6.08. The summed E-state index contributed by atoms with van der Waals surface area (Å²) in [4.78, 5) is 0. The Hall–Kier alpha value is -0.820. The molecule has 0 saturated heterocycles. The second-order valence-corrected chi connectivity index (χ2v) is 4.43. The predicted molar refractivity (Wildman–Crippen MR) is 64.9 cm³/mol. The normalized spacial score (nSPS) is 14.9. The van der Waals surface area contributed by atoms with Crippen molar-refractivity contribution >= 4 is 0 Å². The van der Waals surface area contributed by atoms with Crippen LogP contribution in [0.15, 0.2) is 24.3 Å². The van der Waals surface area contributed by atoms with Crippen LogP contribution in [0.5, 0.6) is 0 Å². The van der Waals surface area contributed by atoms with Gasteiger partial charge in [0.05, 0.1) is 5.60 Å². The van der Waals surface area contributed by atoms with Crippen LogP contribution >= 0.6 is 0 Å². The van der Waals surface area contributed by atoms with Crippen molar-refractivity contribution in [2.45, 2.75) is 52.1 Å². The van der Waals surface area contributed by atoms with Gasteiger partial charge in [0.2, 0.25) is 0 Å². The number of aryl methyl sites for hydroxylation is 1. The zero-order valence-electron chi connectivity index (χ0n) is 10.1. The van der Waals surface area contributed by atoms with Crippen molar-refractivity contribution in [3.8, 4) is 0 Å². The molecule has 0 fully saturated rings. The first-order valence-corrected chi connectivity index (χ1v) is 5.92. The third-order valence-electron chi connectivity index (χ3n) is 3.08. The van der Waals surface area contributed by atoms with Gasteiger partial charge < -0.3 is 5.11 Å². The molecule has 1 aromatic rings. The van der Waals surface area contributed by atoms with Crippen LogP contribution in [-0.2, 0) is 12.0 Å². The van der Waals surface area contributed by atoms with Crippen molar-refractivity contribution in [1.29, 1.82) is 0 Å². The first-order chi connectivity index (χ1) is 7.10. The highest BCUT2D eigenvalue weighted by molar-refractivity contribution is 5.26. The van der Waals surface area contributed by atoms with E-state index in [2.05, 4.69) is 31.2 Å². The largest absolute Gasteiger partial charge is 0.385 e. The Labute approximate surface area is 93.1 Å². The van der Waals surface area contributed by atoms with Crippen LogP contribution in [0.4, 0.5) is 0 Å². The lowest BCUT2D eigenvalue weighted by Gasteiger charge is -2.22. The molecule has 0 bridgehead atoms. The molecule has 1 rings (SSSR count). The third-order valence-corrected chi connectivity index (χ3v) is 3.08. The molecule has 0 aromatic heterocycles. The third kappa shape index (κ3) is 3.35. The molecular formula is C14H22O. The van der Waals surface area contributed by atoms with Gasteiger partial charge in [-0.1, -0.05) is 44.5 Å². The van der Waals surface area contributed by atoms with Crippen molar-refractivity contribution in [2.75, 3.05) is 0 Å². The van der Waals surface area contributed by atoms with E-state index >= 15 is 0 Å². The van der Waals surface area contributed by atoms with Crippen LogP contribution in [-0.4, -0.2) is 5.11 Å². The van der Waals surface area contributed by atoms with Gasteiger partial charge in [-0.05, 0) is 37.3 Å². The van der Waals surface area contributed by atoms with Gasteiger partial charge in [0.1, 0.15) is 0 Å². The summed E-state index contributed by atoms with van der Waals surface area (Å²) in [5.41, 5.74) is 1.71. The van der Waals surface area contributed by atoms with Gasteiger partial charge in [0, 0.05) is 0 Å². The standard InChI is InChI=1S/C14H22O/c1-4-6-7-12-8-10-13(11-9-12)14(3,15)5-2/h8-11,15H,4-7H2,1-3H3/t14-/m0/s1. The fraction of sp³-hybridized carbons (Fsp3) is 0.571. The van der Waals surface area contributed by atoms with E-state index < -0.39 is 5.60 Å². The van der Waals surface area contributed by atoms with E-state index in [4.69, 9.17) is 0 Å². The van der Waals surface area contributed by atoms with Crippen molar-refractivity contribution in [3.63, 3.8) is 0 Å². The Kier molecular flexibility index (Phi) is 4.34.